The average Bonchev–Trinajstić information content (AvgIpc) is 1.29. The molecule has 2 aliphatic carbocycles. The number of ether oxygens (including phenoxy) is 7. The Morgan fingerprint density at radius 2 is 0.930 bits per heavy atom. The summed E-state index contributed by atoms with van der Waals surface area (Å²) in [6.07, 6.45) is 7.56. The Hall–Kier alpha value is -10.4. The van der Waals surface area contributed by atoms with E-state index in [2.05, 4.69) is 121 Å². The van der Waals surface area contributed by atoms with E-state index in [1.54, 1.807) is 36.5 Å². The van der Waals surface area contributed by atoms with Crippen molar-refractivity contribution in [1.29, 1.82) is 0 Å². The number of nitrogens with zero attached hydrogens (tertiary/aromatic N) is 6. The molecule has 0 atom stereocenters. The van der Waals surface area contributed by atoms with Gasteiger partial charge in [-0.05, 0) is 164 Å². The van der Waals surface area contributed by atoms with E-state index in [1.165, 1.54) is 116 Å². The number of hydrogen-bond donors (Lipinski definition) is 2. The molecule has 26 heteroatoms. The molecule has 4 fully saturated rings. The Bertz CT molecular complexity index is 5030. The van der Waals surface area contributed by atoms with Crippen LogP contribution in [0.4, 0.5) is 17.6 Å². The van der Waals surface area contributed by atoms with Gasteiger partial charge in [0.1, 0.15) is 40.2 Å². The van der Waals surface area contributed by atoms with Crippen LogP contribution in [0.5, 0.6) is 46.1 Å². The van der Waals surface area contributed by atoms with Gasteiger partial charge in [-0.2, -0.15) is 0 Å². The van der Waals surface area contributed by atoms with Gasteiger partial charge in [0.2, 0.25) is 11.6 Å². The quantitative estimate of drug-likeness (QED) is 0.0184. The molecule has 19 nitrogen and oxygen atoms in total. The molecule has 4 heterocycles. The second kappa shape index (κ2) is 39.6. The van der Waals surface area contributed by atoms with Gasteiger partial charge in [-0.25, -0.2) is 37.5 Å². The number of ketones is 4. The number of aliphatic hydroxyl groups excluding tert-OH is 1. The number of rotatable bonds is 30. The van der Waals surface area contributed by atoms with Crippen LogP contribution in [0.1, 0.15) is 60.8 Å². The van der Waals surface area contributed by atoms with Crippen LogP contribution in [0.2, 0.25) is 0 Å². The van der Waals surface area contributed by atoms with Crippen molar-refractivity contribution in [2.45, 2.75) is 64.2 Å². The fourth-order valence-corrected chi connectivity index (χ4v) is 21.2. The molecular formula is C88H87F4N6O13P2S+. The number of fused-ring (bicyclic) bond motifs is 2. The monoisotopic (exact) mass is 1610 g/mol. The molecule has 0 unspecified atom stereocenters. The van der Waals surface area contributed by atoms with E-state index < -0.39 is 35.2 Å². The van der Waals surface area contributed by atoms with E-state index in [-0.39, 0.29) is 89.3 Å². The summed E-state index contributed by atoms with van der Waals surface area (Å²) in [5, 5.41) is 23.5. The zero-order valence-electron chi connectivity index (χ0n) is 63.1. The number of halogens is 4. The summed E-state index contributed by atoms with van der Waals surface area (Å²) in [7, 11) is 3.93. The predicted octanol–water partition coefficient (Wildman–Crippen LogP) is 14.6. The van der Waals surface area contributed by atoms with Crippen molar-refractivity contribution in [1.82, 2.24) is 29.7 Å². The Balaban J connectivity index is 0.000000156. The third-order valence-electron chi connectivity index (χ3n) is 20.4. The van der Waals surface area contributed by atoms with Gasteiger partial charge in [0.05, 0.1) is 79.9 Å². The van der Waals surface area contributed by atoms with E-state index in [0.29, 0.717) is 108 Å². The van der Waals surface area contributed by atoms with Crippen molar-refractivity contribution in [3.05, 3.63) is 258 Å². The van der Waals surface area contributed by atoms with Crippen LogP contribution in [0.25, 0.3) is 21.8 Å². The molecule has 2 N–H and O–H groups in total. The number of hydrogen-bond acceptors (Lipinski definition) is 20. The van der Waals surface area contributed by atoms with Gasteiger partial charge in [0.25, 0.3) is 0 Å². The van der Waals surface area contributed by atoms with E-state index in [0.717, 1.165) is 72.4 Å². The highest BCUT2D eigenvalue weighted by Crippen LogP contribution is 2.66. The van der Waals surface area contributed by atoms with Gasteiger partial charge >= 0.3 is 0 Å². The summed E-state index contributed by atoms with van der Waals surface area (Å²) in [4.78, 5) is 73.4. The maximum atomic E-state index is 15.6. The Morgan fingerprint density at radius 1 is 0.500 bits per heavy atom. The highest BCUT2D eigenvalue weighted by molar-refractivity contribution is 8.51. The molecule has 11 aromatic rings. The third kappa shape index (κ3) is 20.8. The number of aliphatic hydroxyl groups is 1. The van der Waals surface area contributed by atoms with E-state index in [9.17, 15) is 37.5 Å². The first-order valence-electron chi connectivity index (χ1n) is 37.6. The molecule has 0 amide bonds. The lowest BCUT2D eigenvalue weighted by molar-refractivity contribution is -0.135. The molecule has 114 heavy (non-hydrogen) atoms. The lowest BCUT2D eigenvalue weighted by atomic mass is 9.88. The lowest BCUT2D eigenvalue weighted by Crippen LogP contribution is -2.37. The molecular weight excluding hydrogens is 1520 g/mol. The van der Waals surface area contributed by atoms with Gasteiger partial charge < -0.3 is 43.4 Å². The van der Waals surface area contributed by atoms with Crippen LogP contribution in [0.3, 0.4) is 0 Å². The largest absolute Gasteiger partial charge is 0.504 e. The van der Waals surface area contributed by atoms with Crippen LogP contribution in [0, 0.1) is 34.1 Å². The normalized spacial score (nSPS) is 14.8. The van der Waals surface area contributed by atoms with Crippen molar-refractivity contribution >= 4 is 86.7 Å². The van der Waals surface area contributed by atoms with Crippen molar-refractivity contribution in [3.63, 3.8) is 0 Å². The first-order valence-corrected chi connectivity index (χ1v) is 42.0. The molecule has 0 spiro atoms. The van der Waals surface area contributed by atoms with E-state index >= 15 is 4.39 Å². The number of carbonyl (C=O) groups is 4. The SMILES string of the molecule is COc1cc2ncnc(Oc3ccc(CC(=O)C4(C(=O)Cc5ccc(F)cc5)CC4)cc3F)c2cc1O.COc1cc2ncncc2c(Oc2ccc(CC(=O)C3(C(=O)Cc4ccc(F)cc4)CC3)cc2F)c1OCCCN1CCOCC1.OCCCN1CCOCC1.S=P[P+](c1ccccc1)(c1ccccc1)c1ccccc1. The summed E-state index contributed by atoms with van der Waals surface area (Å²) < 4.78 is 96.1. The van der Waals surface area contributed by atoms with Crippen LogP contribution in [-0.2, 0) is 66.1 Å². The molecule has 0 bridgehead atoms. The number of phenolic OH excluding ortho intramolecular Hbond substituents is 1. The molecule has 0 radical (unpaired) electrons. The summed E-state index contributed by atoms with van der Waals surface area (Å²) in [6, 6.07) is 56.4. The van der Waals surface area contributed by atoms with Gasteiger partial charge in [0, 0.05) is 89.9 Å². The maximum absolute atomic E-state index is 15.6. The fourth-order valence-electron chi connectivity index (χ4n) is 13.6. The molecule has 2 aliphatic heterocycles. The number of aromatic hydroxyl groups is 1. The van der Waals surface area contributed by atoms with E-state index in [1.807, 2.05) is 0 Å². The van der Waals surface area contributed by atoms with Gasteiger partial charge in [-0.3, -0.25) is 29.0 Å². The number of aromatic nitrogens is 4. The van der Waals surface area contributed by atoms with Gasteiger partial charge in [0.15, 0.2) is 83.3 Å². The fraction of sp³-hybridized carbons (Fsp3) is 0.295. The molecule has 15 rings (SSSR count). The van der Waals surface area contributed by atoms with Crippen LogP contribution >= 0.6 is 14.0 Å². The minimum absolute atomic E-state index is 0.0361. The standard InChI is InChI=1S/C35H35F2N3O6.C28H22F2N2O5.C18H15P2S.C7H15NO2/c1-43-30-20-28-26(21-38-22-39-28)33(34(30)45-14-2-11-40-12-15-44-16-13-40)46-29-8-5-24(17-27(29)37)19-32(42)35(9-10-35)31(41)18-23-3-6-25(36)7-4-23;1-36-24-14-21-19(13-22(24)33)27(32-15-31-21)37-23-7-4-17(10-20(23)30)12-26(35)28(8-9-28)25(34)11-16-2-5-18(29)6-3-16;21-19-20(16-10-4-1-5-11-16,17-12-6-2-7-13-17)18-14-8-3-9-15-18;9-5-1-2-8-3-6-10-7-4-8/h3-8,17,20-22H,2,9-16,18-19H2,1H3;2-7,10,13-15,33H,8-9,11-12H2,1H3;1-15H;9H,1-7H2/q;;+1;. The molecule has 2 saturated carbocycles. The van der Waals surface area contributed by atoms with Crippen LogP contribution in [0.15, 0.2) is 213 Å². The topological polar surface area (TPSA) is 231 Å². The molecule has 590 valence electrons. The minimum atomic E-state index is -1.75. The number of methoxy groups -OCH3 is 2. The summed E-state index contributed by atoms with van der Waals surface area (Å²) in [5.41, 5.74) is 0.944. The summed E-state index contributed by atoms with van der Waals surface area (Å²) in [6.45, 7) is 7.72. The van der Waals surface area contributed by atoms with Gasteiger partial charge in [-0.1, -0.05) is 91.0 Å². The summed E-state index contributed by atoms with van der Waals surface area (Å²) in [5.74, 6) is -2.29. The second-order valence-electron chi connectivity index (χ2n) is 27.9. The minimum Gasteiger partial charge on any atom is -0.504 e. The number of benzene rings is 9. The number of carbonyl (C=O) groups excluding carboxylic acids is 4. The first-order chi connectivity index (χ1) is 55.5. The lowest BCUT2D eigenvalue weighted by Gasteiger charge is -2.26. The smallest absolute Gasteiger partial charge is 0.230 e. The number of morpholine rings is 2. The molecule has 2 saturated heterocycles. The maximum Gasteiger partial charge on any atom is 0.230 e. The van der Waals surface area contributed by atoms with Gasteiger partial charge in [-0.15, -0.1) is 0 Å². The predicted molar refractivity (Wildman–Crippen MR) is 434 cm³/mol. The molecule has 2 aromatic heterocycles. The van der Waals surface area contributed by atoms with Crippen molar-refractivity contribution < 1.29 is 80.1 Å². The first kappa shape index (κ1) is 83.0. The zero-order chi connectivity index (χ0) is 80.0. The zero-order valence-corrected chi connectivity index (χ0v) is 65.8. The average molecular weight is 1610 g/mol. The van der Waals surface area contributed by atoms with Crippen LogP contribution in [-0.4, -0.2) is 156 Å². The number of phenols is 1. The van der Waals surface area contributed by atoms with Crippen molar-refractivity contribution in [2.75, 3.05) is 93.1 Å². The summed E-state index contributed by atoms with van der Waals surface area (Å²) >= 11 is 5.65. The van der Waals surface area contributed by atoms with Crippen molar-refractivity contribution in [3.8, 4) is 46.1 Å². The Morgan fingerprint density at radius 3 is 1.38 bits per heavy atom. The Labute approximate surface area is 665 Å². The Kier molecular flexibility index (Phi) is 28.8. The number of Topliss-reactive ketones (excluding diaryl/α,β-unsaturated/α-hetero) is 4. The second-order valence-corrected chi connectivity index (χ2v) is 34.6. The van der Waals surface area contributed by atoms with Crippen LogP contribution < -0.4 is 39.6 Å². The molecule has 9 aromatic carbocycles. The van der Waals surface area contributed by atoms with Crippen molar-refractivity contribution in [2.24, 2.45) is 10.8 Å². The highest BCUT2D eigenvalue weighted by atomic mass is 32.6. The molecule has 4 aliphatic rings. The van der Waals surface area contributed by atoms with E-state index in [4.69, 9.17) is 50.1 Å². The third-order valence-corrected chi connectivity index (χ3v) is 28.8. The highest BCUT2D eigenvalue weighted by Gasteiger charge is 2.56.